The molecule has 1 aromatic heterocycles. The maximum Gasteiger partial charge on any atom is 0.263 e. The highest BCUT2D eigenvalue weighted by Gasteiger charge is 2.32. The Balaban J connectivity index is 1.80. The Morgan fingerprint density at radius 1 is 1.06 bits per heavy atom. The smallest absolute Gasteiger partial charge is 0.263 e. The van der Waals surface area contributed by atoms with Crippen molar-refractivity contribution >= 4 is 22.4 Å². The quantitative estimate of drug-likeness (QED) is 0.471. The van der Waals surface area contributed by atoms with E-state index < -0.39 is 6.43 Å². The first-order chi connectivity index (χ1) is 14.6. The Bertz CT molecular complexity index is 1150. The lowest BCUT2D eigenvalue weighted by molar-refractivity contribution is 0.151. The highest BCUT2D eigenvalue weighted by molar-refractivity contribution is 5.93. The summed E-state index contributed by atoms with van der Waals surface area (Å²) in [5.74, 6) is 1.43. The molecule has 4 rings (SSSR count). The van der Waals surface area contributed by atoms with Gasteiger partial charge in [-0.3, -0.25) is 0 Å². The van der Waals surface area contributed by atoms with Crippen LogP contribution in [0.1, 0.15) is 73.8 Å². The van der Waals surface area contributed by atoms with Crippen LogP contribution in [0.2, 0.25) is 0 Å². The number of nitrogen functional groups attached to an aromatic ring is 1. The van der Waals surface area contributed by atoms with Gasteiger partial charge in [-0.25, -0.2) is 18.7 Å². The van der Waals surface area contributed by atoms with E-state index in [9.17, 15) is 8.78 Å². The molecule has 0 saturated carbocycles. The number of anilines is 2. The minimum absolute atomic E-state index is 0.0688. The fourth-order valence-electron chi connectivity index (χ4n) is 4.77. The van der Waals surface area contributed by atoms with E-state index in [1.54, 1.807) is 6.07 Å². The average Bonchev–Trinajstić information content (AvgIpc) is 3.02. The molecule has 1 heterocycles. The zero-order chi connectivity index (χ0) is 22.5. The summed E-state index contributed by atoms with van der Waals surface area (Å²) in [6, 6.07) is 6.52. The summed E-state index contributed by atoms with van der Waals surface area (Å²) in [7, 11) is 0. The summed E-state index contributed by atoms with van der Waals surface area (Å²) in [6.07, 6.45) is 0.438. The summed E-state index contributed by atoms with van der Waals surface area (Å²) in [4.78, 5) is 9.49. The van der Waals surface area contributed by atoms with Crippen molar-refractivity contribution in [3.63, 3.8) is 0 Å². The number of rotatable bonds is 5. The van der Waals surface area contributed by atoms with Crippen molar-refractivity contribution in [3.05, 3.63) is 57.9 Å². The number of nitrogens with zero attached hydrogens (tertiary/aromatic N) is 2. The lowest BCUT2D eigenvalue weighted by Crippen LogP contribution is -2.11. The van der Waals surface area contributed by atoms with Gasteiger partial charge in [0, 0.05) is 16.6 Å². The standard InChI is InChI=1S/C25H30F2N4/c1-6-15-10-19-22(21-12-25(4,5)11-20(15)21)30-14(3)31-24(19)29-13(2)16-7-17(23(26)27)9-18(28)8-16/h7-10,13,23H,6,11-12,28H2,1-5H3,(H,29,30,31)/t13-/m1/s1. The zero-order valence-corrected chi connectivity index (χ0v) is 18.8. The fraction of sp³-hybridized carbons (Fsp3) is 0.440. The second kappa shape index (κ2) is 7.74. The van der Waals surface area contributed by atoms with Crippen molar-refractivity contribution < 1.29 is 8.78 Å². The second-order valence-corrected chi connectivity index (χ2v) is 9.48. The van der Waals surface area contributed by atoms with Gasteiger partial charge in [-0.2, -0.15) is 0 Å². The van der Waals surface area contributed by atoms with E-state index in [1.807, 2.05) is 13.8 Å². The van der Waals surface area contributed by atoms with E-state index in [4.69, 9.17) is 10.7 Å². The molecule has 0 amide bonds. The summed E-state index contributed by atoms with van der Waals surface area (Å²) < 4.78 is 26.5. The Labute approximate surface area is 182 Å². The van der Waals surface area contributed by atoms with Gasteiger partial charge in [0.2, 0.25) is 0 Å². The van der Waals surface area contributed by atoms with Crippen molar-refractivity contribution in [1.29, 1.82) is 0 Å². The van der Waals surface area contributed by atoms with Gasteiger partial charge in [0.05, 0.1) is 11.6 Å². The summed E-state index contributed by atoms with van der Waals surface area (Å²) in [5.41, 5.74) is 12.1. The number of hydrogen-bond donors (Lipinski definition) is 2. The van der Waals surface area contributed by atoms with Crippen LogP contribution in [-0.2, 0) is 19.3 Å². The number of alkyl halides is 2. The molecular formula is C25H30F2N4. The predicted molar refractivity (Wildman–Crippen MR) is 123 cm³/mol. The third-order valence-electron chi connectivity index (χ3n) is 6.21. The van der Waals surface area contributed by atoms with Gasteiger partial charge in [-0.05, 0) is 85.0 Å². The van der Waals surface area contributed by atoms with E-state index in [0.717, 1.165) is 36.0 Å². The second-order valence-electron chi connectivity index (χ2n) is 9.48. The summed E-state index contributed by atoms with van der Waals surface area (Å²) >= 11 is 0. The first-order valence-electron chi connectivity index (χ1n) is 10.8. The largest absolute Gasteiger partial charge is 0.399 e. The molecule has 2 aromatic carbocycles. The van der Waals surface area contributed by atoms with Crippen LogP contribution in [0.3, 0.4) is 0 Å². The van der Waals surface area contributed by atoms with Crippen LogP contribution in [0.15, 0.2) is 24.3 Å². The molecule has 0 saturated heterocycles. The molecule has 1 atom stereocenters. The van der Waals surface area contributed by atoms with Crippen LogP contribution < -0.4 is 11.1 Å². The first-order valence-corrected chi connectivity index (χ1v) is 10.8. The van der Waals surface area contributed by atoms with Crippen molar-refractivity contribution in [2.45, 2.75) is 66.3 Å². The van der Waals surface area contributed by atoms with Crippen molar-refractivity contribution in [2.24, 2.45) is 5.41 Å². The van der Waals surface area contributed by atoms with Crippen molar-refractivity contribution in [3.8, 4) is 0 Å². The topological polar surface area (TPSA) is 63.8 Å². The van der Waals surface area contributed by atoms with Gasteiger partial charge in [0.15, 0.2) is 0 Å². The Morgan fingerprint density at radius 2 is 1.74 bits per heavy atom. The van der Waals surface area contributed by atoms with Crippen LogP contribution in [-0.4, -0.2) is 9.97 Å². The molecule has 3 N–H and O–H groups in total. The number of aryl methyl sites for hydroxylation is 2. The molecule has 1 aliphatic carbocycles. The minimum Gasteiger partial charge on any atom is -0.399 e. The molecule has 0 radical (unpaired) electrons. The molecule has 6 heteroatoms. The number of hydrogen-bond acceptors (Lipinski definition) is 4. The molecule has 4 nitrogen and oxygen atoms in total. The van der Waals surface area contributed by atoms with Crippen molar-refractivity contribution in [1.82, 2.24) is 9.97 Å². The van der Waals surface area contributed by atoms with Gasteiger partial charge in [-0.15, -0.1) is 0 Å². The average molecular weight is 425 g/mol. The molecule has 0 unspecified atom stereocenters. The van der Waals surface area contributed by atoms with E-state index >= 15 is 0 Å². The fourth-order valence-corrected chi connectivity index (χ4v) is 4.77. The lowest BCUT2D eigenvalue weighted by Gasteiger charge is -2.20. The SMILES string of the molecule is CCc1cc2c(N[C@H](C)c3cc(N)cc(C(F)F)c3)nc(C)nc2c2c1CC(C)(C)C2. The highest BCUT2D eigenvalue weighted by atomic mass is 19.3. The van der Waals surface area contributed by atoms with Gasteiger partial charge in [0.25, 0.3) is 6.43 Å². The van der Waals surface area contributed by atoms with E-state index in [-0.39, 0.29) is 17.0 Å². The maximum absolute atomic E-state index is 13.3. The van der Waals surface area contributed by atoms with E-state index in [2.05, 4.69) is 37.1 Å². The Kier molecular flexibility index (Phi) is 5.36. The van der Waals surface area contributed by atoms with Crippen molar-refractivity contribution in [2.75, 3.05) is 11.1 Å². The summed E-state index contributed by atoms with van der Waals surface area (Å²) in [5, 5.41) is 4.44. The molecule has 164 valence electrons. The van der Waals surface area contributed by atoms with E-state index in [1.165, 1.54) is 28.8 Å². The van der Waals surface area contributed by atoms with Crippen LogP contribution in [0, 0.1) is 12.3 Å². The number of nitrogens with one attached hydrogen (secondary N) is 1. The third kappa shape index (κ3) is 4.08. The molecule has 0 bridgehead atoms. The predicted octanol–water partition coefficient (Wildman–Crippen LogP) is 6.32. The van der Waals surface area contributed by atoms with Gasteiger partial charge < -0.3 is 11.1 Å². The van der Waals surface area contributed by atoms with Crippen LogP contribution in [0.25, 0.3) is 10.9 Å². The first kappa shape index (κ1) is 21.5. The molecule has 0 fully saturated rings. The molecule has 31 heavy (non-hydrogen) atoms. The number of halogens is 2. The van der Waals surface area contributed by atoms with Gasteiger partial charge >= 0.3 is 0 Å². The number of fused-ring (bicyclic) bond motifs is 3. The minimum atomic E-state index is -2.56. The van der Waals surface area contributed by atoms with Gasteiger partial charge in [0.1, 0.15) is 11.6 Å². The van der Waals surface area contributed by atoms with Crippen LogP contribution in [0.5, 0.6) is 0 Å². The van der Waals surface area contributed by atoms with E-state index in [0.29, 0.717) is 17.1 Å². The molecule has 3 aromatic rings. The molecule has 1 aliphatic rings. The zero-order valence-electron chi connectivity index (χ0n) is 18.8. The van der Waals surface area contributed by atoms with Crippen LogP contribution >= 0.6 is 0 Å². The normalized spacial score (nSPS) is 16.0. The lowest BCUT2D eigenvalue weighted by atomic mass is 9.90. The molecule has 0 spiro atoms. The maximum atomic E-state index is 13.3. The summed E-state index contributed by atoms with van der Waals surface area (Å²) in [6.45, 7) is 10.6. The Morgan fingerprint density at radius 3 is 2.42 bits per heavy atom. The highest BCUT2D eigenvalue weighted by Crippen LogP contribution is 2.42. The van der Waals surface area contributed by atoms with Gasteiger partial charge in [-0.1, -0.05) is 20.8 Å². The number of nitrogens with two attached hydrogens (primary N) is 1. The monoisotopic (exact) mass is 424 g/mol. The molecule has 0 aliphatic heterocycles. The third-order valence-corrected chi connectivity index (χ3v) is 6.21. The van der Waals surface area contributed by atoms with Crippen LogP contribution in [0.4, 0.5) is 20.3 Å². The number of benzene rings is 2. The Hall–Kier alpha value is -2.76. The number of aromatic nitrogens is 2. The molecular weight excluding hydrogens is 394 g/mol.